The Kier molecular flexibility index (Phi) is 5.25. The first-order valence-corrected chi connectivity index (χ1v) is 9.28. The van der Waals surface area contributed by atoms with Crippen LogP contribution in [0.1, 0.15) is 35.0 Å². The van der Waals surface area contributed by atoms with Gasteiger partial charge in [0.15, 0.2) is 0 Å². The van der Waals surface area contributed by atoms with E-state index in [0.29, 0.717) is 13.0 Å². The molecular formula is C21H23N5O. The Bertz CT molecular complexity index is 828. The number of rotatable bonds is 6. The number of pyridine rings is 1. The Morgan fingerprint density at radius 2 is 2.04 bits per heavy atom. The predicted octanol–water partition coefficient (Wildman–Crippen LogP) is 2.22. The number of fused-ring (bicyclic) bond motifs is 1. The summed E-state index contributed by atoms with van der Waals surface area (Å²) in [7, 11) is 0. The lowest BCUT2D eigenvalue weighted by atomic mass is 9.91. The SMILES string of the molecule is O=C(C[C@@H](c1ccccc1)c1ccccn1)NCc1cc2n(n1)CCNC2. The van der Waals surface area contributed by atoms with Crippen molar-refractivity contribution in [2.45, 2.75) is 32.0 Å². The van der Waals surface area contributed by atoms with Gasteiger partial charge in [-0.1, -0.05) is 36.4 Å². The first-order chi connectivity index (χ1) is 13.3. The fraction of sp³-hybridized carbons (Fsp3) is 0.286. The van der Waals surface area contributed by atoms with Gasteiger partial charge in [0.05, 0.1) is 24.5 Å². The summed E-state index contributed by atoms with van der Waals surface area (Å²) in [5, 5.41) is 10.9. The second-order valence-electron chi connectivity index (χ2n) is 6.73. The standard InChI is InChI=1S/C21H23N5O/c27-21(24-14-17-12-18-15-22-10-11-26(18)25-17)13-19(16-6-2-1-3-7-16)20-8-4-5-9-23-20/h1-9,12,19,22H,10-11,13-15H2,(H,24,27)/t19-/m0/s1. The van der Waals surface area contributed by atoms with Gasteiger partial charge >= 0.3 is 0 Å². The van der Waals surface area contributed by atoms with Crippen molar-refractivity contribution in [2.75, 3.05) is 6.54 Å². The van der Waals surface area contributed by atoms with E-state index in [1.807, 2.05) is 53.2 Å². The minimum atomic E-state index is -0.0631. The molecule has 6 nitrogen and oxygen atoms in total. The second kappa shape index (κ2) is 8.14. The van der Waals surface area contributed by atoms with Crippen molar-refractivity contribution in [3.8, 4) is 0 Å². The van der Waals surface area contributed by atoms with Crippen molar-refractivity contribution in [1.82, 2.24) is 25.4 Å². The van der Waals surface area contributed by atoms with E-state index in [9.17, 15) is 4.79 Å². The number of carbonyl (C=O) groups excluding carboxylic acids is 1. The van der Waals surface area contributed by atoms with Crippen LogP contribution in [0.5, 0.6) is 0 Å². The monoisotopic (exact) mass is 361 g/mol. The normalized spacial score (nSPS) is 14.4. The highest BCUT2D eigenvalue weighted by Crippen LogP contribution is 2.26. The molecule has 0 bridgehead atoms. The average Bonchev–Trinajstić information content (AvgIpc) is 3.15. The molecule has 2 aromatic heterocycles. The molecule has 2 N–H and O–H groups in total. The molecule has 3 aromatic rings. The average molecular weight is 361 g/mol. The van der Waals surface area contributed by atoms with Crippen LogP contribution in [0.3, 0.4) is 0 Å². The summed E-state index contributed by atoms with van der Waals surface area (Å²) in [5.41, 5.74) is 4.06. The van der Waals surface area contributed by atoms with Crippen molar-refractivity contribution >= 4 is 5.91 Å². The Labute approximate surface area is 158 Å². The van der Waals surface area contributed by atoms with E-state index in [0.717, 1.165) is 36.6 Å². The van der Waals surface area contributed by atoms with Gasteiger partial charge in [0.1, 0.15) is 0 Å². The fourth-order valence-corrected chi connectivity index (χ4v) is 3.45. The Hall–Kier alpha value is -2.99. The zero-order chi connectivity index (χ0) is 18.5. The molecule has 1 aliphatic rings. The van der Waals surface area contributed by atoms with E-state index in [-0.39, 0.29) is 11.8 Å². The van der Waals surface area contributed by atoms with Gasteiger partial charge in [-0.15, -0.1) is 0 Å². The van der Waals surface area contributed by atoms with Gasteiger partial charge in [0.25, 0.3) is 0 Å². The van der Waals surface area contributed by atoms with Crippen LogP contribution in [0, 0.1) is 0 Å². The molecule has 4 rings (SSSR count). The molecule has 0 radical (unpaired) electrons. The van der Waals surface area contributed by atoms with Gasteiger partial charge in [0.2, 0.25) is 5.91 Å². The van der Waals surface area contributed by atoms with Crippen LogP contribution in [-0.2, 0) is 24.4 Å². The van der Waals surface area contributed by atoms with Crippen LogP contribution in [0.4, 0.5) is 0 Å². The van der Waals surface area contributed by atoms with E-state index in [1.165, 1.54) is 5.69 Å². The lowest BCUT2D eigenvalue weighted by molar-refractivity contribution is -0.121. The minimum Gasteiger partial charge on any atom is -0.350 e. The number of aromatic nitrogens is 3. The first kappa shape index (κ1) is 17.4. The quantitative estimate of drug-likeness (QED) is 0.706. The molecule has 1 atom stereocenters. The van der Waals surface area contributed by atoms with Crippen LogP contribution in [0.15, 0.2) is 60.8 Å². The Morgan fingerprint density at radius 3 is 2.81 bits per heavy atom. The third-order valence-corrected chi connectivity index (χ3v) is 4.82. The van der Waals surface area contributed by atoms with Crippen molar-refractivity contribution < 1.29 is 4.79 Å². The van der Waals surface area contributed by atoms with Gasteiger partial charge in [-0.05, 0) is 23.8 Å². The molecule has 3 heterocycles. The number of carbonyl (C=O) groups is 1. The zero-order valence-corrected chi connectivity index (χ0v) is 15.1. The van der Waals surface area contributed by atoms with Gasteiger partial charge < -0.3 is 10.6 Å². The molecule has 27 heavy (non-hydrogen) atoms. The highest BCUT2D eigenvalue weighted by Gasteiger charge is 2.19. The highest BCUT2D eigenvalue weighted by atomic mass is 16.1. The van der Waals surface area contributed by atoms with Crippen molar-refractivity contribution in [1.29, 1.82) is 0 Å². The molecule has 0 saturated carbocycles. The predicted molar refractivity (Wildman–Crippen MR) is 103 cm³/mol. The van der Waals surface area contributed by atoms with Gasteiger partial charge in [-0.25, -0.2) is 0 Å². The lowest BCUT2D eigenvalue weighted by Gasteiger charge is -2.16. The molecule has 0 fully saturated rings. The number of nitrogens with zero attached hydrogens (tertiary/aromatic N) is 3. The first-order valence-electron chi connectivity index (χ1n) is 9.28. The molecule has 0 aliphatic carbocycles. The topological polar surface area (TPSA) is 71.8 Å². The van der Waals surface area contributed by atoms with Crippen LogP contribution < -0.4 is 10.6 Å². The summed E-state index contributed by atoms with van der Waals surface area (Å²) in [4.78, 5) is 17.1. The summed E-state index contributed by atoms with van der Waals surface area (Å²) in [5.74, 6) is -0.0644. The molecule has 6 heteroatoms. The summed E-state index contributed by atoms with van der Waals surface area (Å²) >= 11 is 0. The number of hydrogen-bond donors (Lipinski definition) is 2. The van der Waals surface area contributed by atoms with E-state index in [2.05, 4.69) is 26.8 Å². The Balaban J connectivity index is 1.43. The second-order valence-corrected chi connectivity index (χ2v) is 6.73. The minimum absolute atomic E-state index is 0.00129. The molecule has 1 amide bonds. The largest absolute Gasteiger partial charge is 0.350 e. The lowest BCUT2D eigenvalue weighted by Crippen LogP contribution is -2.28. The van der Waals surface area contributed by atoms with E-state index >= 15 is 0 Å². The van der Waals surface area contributed by atoms with Gasteiger partial charge in [0, 0.05) is 37.3 Å². The van der Waals surface area contributed by atoms with Crippen molar-refractivity contribution in [2.24, 2.45) is 0 Å². The molecular weight excluding hydrogens is 338 g/mol. The van der Waals surface area contributed by atoms with E-state index in [4.69, 9.17) is 0 Å². The Morgan fingerprint density at radius 1 is 1.19 bits per heavy atom. The van der Waals surface area contributed by atoms with Crippen LogP contribution >= 0.6 is 0 Å². The molecule has 0 spiro atoms. The molecule has 0 saturated heterocycles. The summed E-state index contributed by atoms with van der Waals surface area (Å²) in [6.45, 7) is 3.08. The highest BCUT2D eigenvalue weighted by molar-refractivity contribution is 5.77. The third-order valence-electron chi connectivity index (χ3n) is 4.82. The van der Waals surface area contributed by atoms with Crippen LogP contribution in [-0.4, -0.2) is 27.2 Å². The van der Waals surface area contributed by atoms with Crippen molar-refractivity contribution in [3.05, 3.63) is 83.4 Å². The van der Waals surface area contributed by atoms with Crippen LogP contribution in [0.2, 0.25) is 0 Å². The molecule has 138 valence electrons. The maximum absolute atomic E-state index is 12.6. The van der Waals surface area contributed by atoms with Crippen LogP contribution in [0.25, 0.3) is 0 Å². The maximum atomic E-state index is 12.6. The van der Waals surface area contributed by atoms with Crippen molar-refractivity contribution in [3.63, 3.8) is 0 Å². The number of nitrogens with one attached hydrogen (secondary N) is 2. The molecule has 1 aliphatic heterocycles. The smallest absolute Gasteiger partial charge is 0.221 e. The third kappa shape index (κ3) is 4.23. The van der Waals surface area contributed by atoms with Gasteiger partial charge in [-0.2, -0.15) is 5.10 Å². The number of benzene rings is 1. The van der Waals surface area contributed by atoms with E-state index in [1.54, 1.807) is 6.20 Å². The summed E-state index contributed by atoms with van der Waals surface area (Å²) in [6, 6.07) is 17.9. The van der Waals surface area contributed by atoms with Gasteiger partial charge in [-0.3, -0.25) is 14.5 Å². The molecule has 1 aromatic carbocycles. The van der Waals surface area contributed by atoms with E-state index < -0.39 is 0 Å². The summed E-state index contributed by atoms with van der Waals surface area (Å²) in [6.07, 6.45) is 2.13. The summed E-state index contributed by atoms with van der Waals surface area (Å²) < 4.78 is 2.01. The fourth-order valence-electron chi connectivity index (χ4n) is 3.45. The molecule has 0 unspecified atom stereocenters. The zero-order valence-electron chi connectivity index (χ0n) is 15.1. The number of hydrogen-bond acceptors (Lipinski definition) is 4. The number of amides is 1. The maximum Gasteiger partial charge on any atom is 0.221 e.